The minimum atomic E-state index is -0.285. The molecule has 0 spiro atoms. The molecule has 0 amide bonds. The Morgan fingerprint density at radius 3 is 1.33 bits per heavy atom. The lowest BCUT2D eigenvalue weighted by Gasteiger charge is -2.09. The number of nitro groups is 1. The van der Waals surface area contributed by atoms with Crippen LogP contribution in [0.2, 0.25) is 0 Å². The van der Waals surface area contributed by atoms with E-state index in [4.69, 9.17) is 0 Å². The number of rotatable bonds is 16. The summed E-state index contributed by atoms with van der Waals surface area (Å²) in [5.41, 5.74) is 0. The zero-order valence-corrected chi connectivity index (χ0v) is 14.4. The molecule has 0 rings (SSSR count). The summed E-state index contributed by atoms with van der Waals surface area (Å²) in [6.45, 7) is 4.44. The number of unbranched alkanes of at least 4 members (excludes halogenated alkanes) is 11. The summed E-state index contributed by atoms with van der Waals surface area (Å²) in [5, 5.41) is 11.1. The zero-order chi connectivity index (χ0) is 15.8. The highest BCUT2D eigenvalue weighted by molar-refractivity contribution is 4.59. The van der Waals surface area contributed by atoms with Gasteiger partial charge in [0.15, 0.2) is 0 Å². The molecule has 3 nitrogen and oxygen atoms in total. The molecule has 0 aliphatic rings. The SMILES string of the molecule is CCCCCCCCCC(CCCCCCCC)[N+](=O)[O-]. The first-order valence-electron chi connectivity index (χ1n) is 9.35. The van der Waals surface area contributed by atoms with Crippen molar-refractivity contribution >= 4 is 0 Å². The van der Waals surface area contributed by atoms with E-state index in [-0.39, 0.29) is 11.0 Å². The third-order valence-corrected chi connectivity index (χ3v) is 4.33. The summed E-state index contributed by atoms with van der Waals surface area (Å²) in [7, 11) is 0. The van der Waals surface area contributed by atoms with Crippen LogP contribution in [-0.2, 0) is 0 Å². The van der Waals surface area contributed by atoms with Crippen LogP contribution >= 0.6 is 0 Å². The fourth-order valence-corrected chi connectivity index (χ4v) is 2.85. The van der Waals surface area contributed by atoms with Crippen LogP contribution in [0.4, 0.5) is 0 Å². The van der Waals surface area contributed by atoms with Crippen LogP contribution in [0.15, 0.2) is 0 Å². The largest absolute Gasteiger partial charge is 0.264 e. The maximum Gasteiger partial charge on any atom is 0.213 e. The monoisotopic (exact) mass is 299 g/mol. The molecular weight excluding hydrogens is 262 g/mol. The lowest BCUT2D eigenvalue weighted by atomic mass is 10.0. The number of hydrogen-bond donors (Lipinski definition) is 0. The van der Waals surface area contributed by atoms with E-state index in [1.807, 2.05) is 0 Å². The quantitative estimate of drug-likeness (QED) is 0.185. The van der Waals surface area contributed by atoms with Crippen molar-refractivity contribution in [3.05, 3.63) is 10.1 Å². The second-order valence-electron chi connectivity index (χ2n) is 6.41. The predicted octanol–water partition coefficient (Wildman–Crippen LogP) is 6.52. The van der Waals surface area contributed by atoms with Crippen molar-refractivity contribution < 1.29 is 4.92 Å². The van der Waals surface area contributed by atoms with Gasteiger partial charge in [0.1, 0.15) is 0 Å². The predicted molar refractivity (Wildman–Crippen MR) is 91.4 cm³/mol. The van der Waals surface area contributed by atoms with E-state index >= 15 is 0 Å². The average molecular weight is 299 g/mol. The first-order valence-corrected chi connectivity index (χ1v) is 9.35. The highest BCUT2D eigenvalue weighted by Crippen LogP contribution is 2.16. The lowest BCUT2D eigenvalue weighted by molar-refractivity contribution is -0.524. The van der Waals surface area contributed by atoms with Crippen LogP contribution < -0.4 is 0 Å². The van der Waals surface area contributed by atoms with Gasteiger partial charge in [0.2, 0.25) is 6.04 Å². The van der Waals surface area contributed by atoms with Gasteiger partial charge in [-0.3, -0.25) is 10.1 Å². The average Bonchev–Trinajstić information content (AvgIpc) is 2.47. The van der Waals surface area contributed by atoms with Crippen molar-refractivity contribution in [1.82, 2.24) is 0 Å². The molecule has 0 N–H and O–H groups in total. The molecule has 0 aromatic rings. The molecule has 0 aromatic carbocycles. The Morgan fingerprint density at radius 2 is 1.00 bits per heavy atom. The Kier molecular flexibility index (Phi) is 15.3. The number of nitrogens with zero attached hydrogens (tertiary/aromatic N) is 1. The van der Waals surface area contributed by atoms with Gasteiger partial charge in [0.25, 0.3) is 0 Å². The Morgan fingerprint density at radius 1 is 0.667 bits per heavy atom. The van der Waals surface area contributed by atoms with Crippen LogP contribution in [0.3, 0.4) is 0 Å². The van der Waals surface area contributed by atoms with Crippen LogP contribution in [0.1, 0.15) is 110 Å². The lowest BCUT2D eigenvalue weighted by Crippen LogP contribution is -2.19. The van der Waals surface area contributed by atoms with E-state index < -0.39 is 0 Å². The van der Waals surface area contributed by atoms with Crippen molar-refractivity contribution in [3.63, 3.8) is 0 Å². The molecule has 1 unspecified atom stereocenters. The van der Waals surface area contributed by atoms with E-state index in [1.54, 1.807) is 0 Å². The Hall–Kier alpha value is -0.600. The van der Waals surface area contributed by atoms with Gasteiger partial charge < -0.3 is 0 Å². The fourth-order valence-electron chi connectivity index (χ4n) is 2.85. The topological polar surface area (TPSA) is 43.1 Å². The molecule has 21 heavy (non-hydrogen) atoms. The van der Waals surface area contributed by atoms with Crippen molar-refractivity contribution in [3.8, 4) is 0 Å². The van der Waals surface area contributed by atoms with E-state index in [0.717, 1.165) is 25.7 Å². The molecule has 0 fully saturated rings. The molecule has 0 heterocycles. The molecule has 0 saturated heterocycles. The molecule has 0 bridgehead atoms. The zero-order valence-electron chi connectivity index (χ0n) is 14.4. The summed E-state index contributed by atoms with van der Waals surface area (Å²) < 4.78 is 0. The maximum absolute atomic E-state index is 11.1. The molecular formula is C18H37NO2. The standard InChI is InChI=1S/C18H37NO2/c1-3-5-7-9-11-13-15-17-18(19(20)21)16-14-12-10-8-6-4-2/h18H,3-17H2,1-2H3. The van der Waals surface area contributed by atoms with Gasteiger partial charge in [-0.15, -0.1) is 0 Å². The fraction of sp³-hybridized carbons (Fsp3) is 1.00. The smallest absolute Gasteiger partial charge is 0.213 e. The van der Waals surface area contributed by atoms with Gasteiger partial charge in [-0.2, -0.15) is 0 Å². The summed E-state index contributed by atoms with van der Waals surface area (Å²) in [6, 6.07) is -0.285. The van der Waals surface area contributed by atoms with Crippen LogP contribution in [0, 0.1) is 10.1 Å². The summed E-state index contributed by atoms with van der Waals surface area (Å²) in [6.07, 6.45) is 17.6. The van der Waals surface area contributed by atoms with E-state index in [0.29, 0.717) is 0 Å². The second kappa shape index (κ2) is 15.8. The summed E-state index contributed by atoms with van der Waals surface area (Å²) in [5.74, 6) is 0. The summed E-state index contributed by atoms with van der Waals surface area (Å²) >= 11 is 0. The minimum Gasteiger partial charge on any atom is -0.264 e. The number of hydrogen-bond acceptors (Lipinski definition) is 2. The van der Waals surface area contributed by atoms with Gasteiger partial charge in [-0.1, -0.05) is 84.5 Å². The second-order valence-corrected chi connectivity index (χ2v) is 6.41. The molecule has 1 atom stereocenters. The molecule has 0 radical (unpaired) electrons. The molecule has 3 heteroatoms. The third-order valence-electron chi connectivity index (χ3n) is 4.33. The van der Waals surface area contributed by atoms with Gasteiger partial charge in [-0.25, -0.2) is 0 Å². The van der Waals surface area contributed by atoms with Crippen LogP contribution in [0.25, 0.3) is 0 Å². The van der Waals surface area contributed by atoms with Crippen LogP contribution in [-0.4, -0.2) is 11.0 Å². The molecule has 0 saturated carbocycles. The van der Waals surface area contributed by atoms with Gasteiger partial charge in [0, 0.05) is 17.8 Å². The molecule has 0 aliphatic heterocycles. The Labute approximate surface area is 132 Å². The first-order chi connectivity index (χ1) is 10.2. The highest BCUT2D eigenvalue weighted by atomic mass is 16.6. The van der Waals surface area contributed by atoms with Crippen LogP contribution in [0.5, 0.6) is 0 Å². The van der Waals surface area contributed by atoms with Crippen molar-refractivity contribution in [2.24, 2.45) is 0 Å². The normalized spacial score (nSPS) is 12.5. The van der Waals surface area contributed by atoms with Gasteiger partial charge in [-0.05, 0) is 12.8 Å². The minimum absolute atomic E-state index is 0.0386. The molecule has 126 valence electrons. The van der Waals surface area contributed by atoms with Gasteiger partial charge >= 0.3 is 0 Å². The highest BCUT2D eigenvalue weighted by Gasteiger charge is 2.18. The Bertz CT molecular complexity index is 231. The van der Waals surface area contributed by atoms with E-state index in [1.165, 1.54) is 70.6 Å². The Balaban J connectivity index is 3.52. The molecule has 0 aromatic heterocycles. The van der Waals surface area contributed by atoms with Crippen molar-refractivity contribution in [2.75, 3.05) is 0 Å². The van der Waals surface area contributed by atoms with Gasteiger partial charge in [0.05, 0.1) is 0 Å². The third kappa shape index (κ3) is 14.1. The van der Waals surface area contributed by atoms with Crippen molar-refractivity contribution in [2.45, 2.75) is 116 Å². The van der Waals surface area contributed by atoms with E-state index in [2.05, 4.69) is 13.8 Å². The summed E-state index contributed by atoms with van der Waals surface area (Å²) in [4.78, 5) is 11.0. The van der Waals surface area contributed by atoms with Crippen molar-refractivity contribution in [1.29, 1.82) is 0 Å². The molecule has 0 aliphatic carbocycles. The maximum atomic E-state index is 11.1. The first kappa shape index (κ1) is 20.4. The van der Waals surface area contributed by atoms with E-state index in [9.17, 15) is 10.1 Å².